The Bertz CT molecular complexity index is 819. The molecule has 5 nitrogen and oxygen atoms in total. The first kappa shape index (κ1) is 16.1. The molecule has 0 aliphatic carbocycles. The molecule has 0 atom stereocenters. The van der Waals surface area contributed by atoms with E-state index in [0.717, 1.165) is 10.3 Å². The molecule has 6 heteroatoms. The predicted molar refractivity (Wildman–Crippen MR) is 91.3 cm³/mol. The van der Waals surface area contributed by atoms with Crippen LogP contribution in [0.4, 0.5) is 0 Å². The zero-order valence-electron chi connectivity index (χ0n) is 12.8. The van der Waals surface area contributed by atoms with Gasteiger partial charge in [0.05, 0.1) is 12.8 Å². The Morgan fingerprint density at radius 2 is 2.08 bits per heavy atom. The van der Waals surface area contributed by atoms with Gasteiger partial charge in [0.2, 0.25) is 0 Å². The number of nitrogens with one attached hydrogen (secondary N) is 1. The standard InChI is InChI=1S/C18H16N2O3S/c21-18(19-12-16-7-4-10-23-16)15-6-3-5-14(11-15)13-24-17-8-1-2-9-20(17)22/h1-11H,12-13H2,(H,19,21). The molecule has 1 amide bonds. The maximum atomic E-state index is 12.2. The van der Waals surface area contributed by atoms with Gasteiger partial charge in [0.25, 0.3) is 10.9 Å². The van der Waals surface area contributed by atoms with Crippen LogP contribution in [0.3, 0.4) is 0 Å². The summed E-state index contributed by atoms with van der Waals surface area (Å²) in [6, 6.07) is 16.3. The Hall–Kier alpha value is -2.73. The molecule has 24 heavy (non-hydrogen) atoms. The van der Waals surface area contributed by atoms with Crippen molar-refractivity contribution >= 4 is 17.7 Å². The summed E-state index contributed by atoms with van der Waals surface area (Å²) < 4.78 is 6.03. The predicted octanol–water partition coefficient (Wildman–Crippen LogP) is 3.14. The molecule has 0 saturated carbocycles. The molecular weight excluding hydrogens is 324 g/mol. The van der Waals surface area contributed by atoms with Crippen molar-refractivity contribution in [1.29, 1.82) is 0 Å². The molecule has 0 saturated heterocycles. The van der Waals surface area contributed by atoms with Crippen LogP contribution >= 0.6 is 11.8 Å². The second-order valence-corrected chi connectivity index (χ2v) is 6.11. The van der Waals surface area contributed by atoms with E-state index in [1.807, 2.05) is 30.3 Å². The highest BCUT2D eigenvalue weighted by atomic mass is 32.2. The zero-order chi connectivity index (χ0) is 16.8. The normalized spacial score (nSPS) is 10.5. The van der Waals surface area contributed by atoms with Gasteiger partial charge in [0, 0.05) is 23.4 Å². The molecule has 0 fully saturated rings. The van der Waals surface area contributed by atoms with Crippen molar-refractivity contribution in [1.82, 2.24) is 5.32 Å². The third-order valence-electron chi connectivity index (χ3n) is 3.37. The summed E-state index contributed by atoms with van der Waals surface area (Å²) in [7, 11) is 0. The monoisotopic (exact) mass is 340 g/mol. The summed E-state index contributed by atoms with van der Waals surface area (Å²) in [5.41, 5.74) is 1.57. The number of carbonyl (C=O) groups is 1. The van der Waals surface area contributed by atoms with E-state index in [0.29, 0.717) is 28.6 Å². The van der Waals surface area contributed by atoms with Gasteiger partial charge in [0.1, 0.15) is 5.76 Å². The molecule has 0 bridgehead atoms. The lowest BCUT2D eigenvalue weighted by atomic mass is 10.1. The van der Waals surface area contributed by atoms with Crippen molar-refractivity contribution < 1.29 is 13.9 Å². The molecular formula is C18H16N2O3S. The quantitative estimate of drug-likeness (QED) is 0.425. The number of nitrogens with zero attached hydrogens (tertiary/aromatic N) is 1. The lowest BCUT2D eigenvalue weighted by Gasteiger charge is -2.06. The highest BCUT2D eigenvalue weighted by Crippen LogP contribution is 2.20. The van der Waals surface area contributed by atoms with Gasteiger partial charge in [-0.3, -0.25) is 4.79 Å². The van der Waals surface area contributed by atoms with E-state index < -0.39 is 0 Å². The van der Waals surface area contributed by atoms with E-state index in [9.17, 15) is 10.0 Å². The van der Waals surface area contributed by atoms with Gasteiger partial charge in [-0.1, -0.05) is 23.9 Å². The number of amides is 1. The summed E-state index contributed by atoms with van der Waals surface area (Å²) in [4.78, 5) is 12.2. The summed E-state index contributed by atoms with van der Waals surface area (Å²) in [5.74, 6) is 1.17. The third kappa shape index (κ3) is 4.17. The molecule has 122 valence electrons. The van der Waals surface area contributed by atoms with Crippen molar-refractivity contribution in [2.24, 2.45) is 0 Å². The first-order valence-corrected chi connectivity index (χ1v) is 8.41. The second kappa shape index (κ2) is 7.70. The minimum atomic E-state index is -0.156. The number of aromatic nitrogens is 1. The summed E-state index contributed by atoms with van der Waals surface area (Å²) in [6.45, 7) is 0.352. The van der Waals surface area contributed by atoms with Crippen molar-refractivity contribution in [2.75, 3.05) is 0 Å². The topological polar surface area (TPSA) is 69.2 Å². The molecule has 1 aromatic carbocycles. The molecule has 0 aliphatic heterocycles. The average molecular weight is 340 g/mol. The number of pyridine rings is 1. The van der Waals surface area contributed by atoms with Gasteiger partial charge in [-0.15, -0.1) is 0 Å². The Morgan fingerprint density at radius 1 is 1.17 bits per heavy atom. The zero-order valence-corrected chi connectivity index (χ0v) is 13.7. The van der Waals surface area contributed by atoms with Gasteiger partial charge < -0.3 is 14.9 Å². The average Bonchev–Trinajstić information content (AvgIpc) is 3.13. The Morgan fingerprint density at radius 3 is 2.88 bits per heavy atom. The molecule has 2 heterocycles. The number of hydrogen-bond donors (Lipinski definition) is 1. The number of thioether (sulfide) groups is 1. The van der Waals surface area contributed by atoms with Gasteiger partial charge in [-0.2, -0.15) is 4.73 Å². The maximum Gasteiger partial charge on any atom is 0.251 e. The third-order valence-corrected chi connectivity index (χ3v) is 4.46. The Kier molecular flexibility index (Phi) is 5.18. The molecule has 3 rings (SSSR count). The van der Waals surface area contributed by atoms with Crippen LogP contribution in [0.25, 0.3) is 0 Å². The molecule has 2 aromatic heterocycles. The van der Waals surface area contributed by atoms with Crippen LogP contribution in [-0.2, 0) is 12.3 Å². The molecule has 0 aliphatic rings. The Labute approximate surface area is 143 Å². The van der Waals surface area contributed by atoms with Crippen molar-refractivity contribution in [3.05, 3.63) is 89.2 Å². The lowest BCUT2D eigenvalue weighted by molar-refractivity contribution is -0.645. The van der Waals surface area contributed by atoms with Crippen LogP contribution in [0, 0.1) is 5.21 Å². The van der Waals surface area contributed by atoms with Crippen molar-refractivity contribution in [2.45, 2.75) is 17.3 Å². The summed E-state index contributed by atoms with van der Waals surface area (Å²) >= 11 is 1.44. The summed E-state index contributed by atoms with van der Waals surface area (Å²) in [5, 5.41) is 15.1. The Balaban J connectivity index is 1.61. The van der Waals surface area contributed by atoms with Crippen LogP contribution in [0.2, 0.25) is 0 Å². The largest absolute Gasteiger partial charge is 0.618 e. The highest BCUT2D eigenvalue weighted by Gasteiger charge is 2.09. The number of rotatable bonds is 6. The minimum absolute atomic E-state index is 0.156. The fourth-order valence-electron chi connectivity index (χ4n) is 2.17. The van der Waals surface area contributed by atoms with Gasteiger partial charge in [0.15, 0.2) is 6.20 Å². The minimum Gasteiger partial charge on any atom is -0.618 e. The fourth-order valence-corrected chi connectivity index (χ4v) is 3.02. The maximum absolute atomic E-state index is 12.2. The fraction of sp³-hybridized carbons (Fsp3) is 0.111. The molecule has 0 radical (unpaired) electrons. The van der Waals surface area contributed by atoms with E-state index in [1.54, 1.807) is 30.5 Å². The smallest absolute Gasteiger partial charge is 0.251 e. The van der Waals surface area contributed by atoms with E-state index in [-0.39, 0.29) is 5.91 Å². The first-order valence-electron chi connectivity index (χ1n) is 7.43. The van der Waals surface area contributed by atoms with Crippen molar-refractivity contribution in [3.8, 4) is 0 Å². The second-order valence-electron chi connectivity index (χ2n) is 5.12. The first-order chi connectivity index (χ1) is 11.7. The van der Waals surface area contributed by atoms with E-state index in [2.05, 4.69) is 5.32 Å². The number of furan rings is 1. The van der Waals surface area contributed by atoms with Crippen molar-refractivity contribution in [3.63, 3.8) is 0 Å². The van der Waals surface area contributed by atoms with Crippen LogP contribution in [-0.4, -0.2) is 5.91 Å². The summed E-state index contributed by atoms with van der Waals surface area (Å²) in [6.07, 6.45) is 3.05. The molecule has 1 N–H and O–H groups in total. The number of hydrogen-bond acceptors (Lipinski definition) is 4. The lowest BCUT2D eigenvalue weighted by Crippen LogP contribution is -2.27. The van der Waals surface area contributed by atoms with Crippen LogP contribution in [0.1, 0.15) is 21.7 Å². The van der Waals surface area contributed by atoms with Gasteiger partial charge in [-0.05, 0) is 35.9 Å². The molecule has 3 aromatic rings. The molecule has 0 unspecified atom stereocenters. The van der Waals surface area contributed by atoms with Crippen LogP contribution < -0.4 is 10.0 Å². The van der Waals surface area contributed by atoms with E-state index in [1.165, 1.54) is 18.0 Å². The van der Waals surface area contributed by atoms with E-state index >= 15 is 0 Å². The highest BCUT2D eigenvalue weighted by molar-refractivity contribution is 7.98. The van der Waals surface area contributed by atoms with Crippen LogP contribution in [0.15, 0.2) is 76.5 Å². The van der Waals surface area contributed by atoms with Crippen LogP contribution in [0.5, 0.6) is 0 Å². The van der Waals surface area contributed by atoms with Gasteiger partial charge >= 0.3 is 0 Å². The number of carbonyl (C=O) groups excluding carboxylic acids is 1. The number of benzene rings is 1. The molecule has 0 spiro atoms. The SMILES string of the molecule is O=C(NCc1ccco1)c1cccc(CSc2cccc[n+]2[O-])c1. The van der Waals surface area contributed by atoms with E-state index in [4.69, 9.17) is 4.42 Å². The van der Waals surface area contributed by atoms with Gasteiger partial charge in [-0.25, -0.2) is 0 Å².